The Kier molecular flexibility index (Phi) is 4.60. The van der Waals surface area contributed by atoms with Gasteiger partial charge in [-0.3, -0.25) is 4.79 Å². The summed E-state index contributed by atoms with van der Waals surface area (Å²) in [7, 11) is 1.69. The third-order valence-corrected chi connectivity index (χ3v) is 2.53. The van der Waals surface area contributed by atoms with Gasteiger partial charge in [-0.2, -0.15) is 0 Å². The Morgan fingerprint density at radius 1 is 1.64 bits per heavy atom. The zero-order valence-corrected chi connectivity index (χ0v) is 8.95. The summed E-state index contributed by atoms with van der Waals surface area (Å²) in [4.78, 5) is 11.6. The predicted octanol–water partition coefficient (Wildman–Crippen LogP) is 2.50. The van der Waals surface area contributed by atoms with Crippen molar-refractivity contribution in [2.24, 2.45) is 5.92 Å². The lowest BCUT2D eigenvalue weighted by Crippen LogP contribution is -2.16. The van der Waals surface area contributed by atoms with Crippen LogP contribution >= 0.6 is 0 Å². The molecule has 0 fully saturated rings. The molecule has 1 rings (SSSR count). The molecule has 0 aromatic heterocycles. The van der Waals surface area contributed by atoms with E-state index < -0.39 is 0 Å². The van der Waals surface area contributed by atoms with Gasteiger partial charge in [-0.05, 0) is 12.8 Å². The first-order valence-corrected chi connectivity index (χ1v) is 5.16. The van der Waals surface area contributed by atoms with Crippen LogP contribution in [0.15, 0.2) is 23.8 Å². The maximum absolute atomic E-state index is 11.6. The summed E-state index contributed by atoms with van der Waals surface area (Å²) in [5.74, 6) is 0.326. The first kappa shape index (κ1) is 11.2. The molecule has 1 aliphatic rings. The average molecular weight is 194 g/mol. The van der Waals surface area contributed by atoms with Crippen LogP contribution in [0.4, 0.5) is 0 Å². The molecule has 1 unspecified atom stereocenters. The van der Waals surface area contributed by atoms with Gasteiger partial charge in [0.1, 0.15) is 5.78 Å². The van der Waals surface area contributed by atoms with E-state index >= 15 is 0 Å². The number of allylic oxidation sites excluding steroid dienone is 3. The number of hydrogen-bond donors (Lipinski definition) is 0. The van der Waals surface area contributed by atoms with Crippen LogP contribution in [0.1, 0.15) is 26.2 Å². The largest absolute Gasteiger partial charge is 0.384 e. The molecule has 0 spiro atoms. The normalized spacial score (nSPS) is 20.7. The second-order valence-electron chi connectivity index (χ2n) is 3.48. The highest BCUT2D eigenvalue weighted by molar-refractivity contribution is 5.85. The van der Waals surface area contributed by atoms with Crippen LogP contribution in [0.5, 0.6) is 0 Å². The number of methoxy groups -OCH3 is 1. The topological polar surface area (TPSA) is 26.3 Å². The van der Waals surface area contributed by atoms with Crippen LogP contribution < -0.4 is 0 Å². The molecule has 0 bridgehead atoms. The number of carbonyl (C=O) groups is 1. The van der Waals surface area contributed by atoms with E-state index in [-0.39, 0.29) is 5.92 Å². The SMILES string of the molecule is CCC(=O)C1C=CCC=C1CCOC. The molecule has 2 nitrogen and oxygen atoms in total. The number of Topliss-reactive ketones (excluding diaryl/α,β-unsaturated/α-hetero) is 1. The molecule has 78 valence electrons. The van der Waals surface area contributed by atoms with Crippen LogP contribution in [0.2, 0.25) is 0 Å². The van der Waals surface area contributed by atoms with Gasteiger partial charge < -0.3 is 4.74 Å². The molecule has 0 radical (unpaired) electrons. The van der Waals surface area contributed by atoms with Crippen LogP contribution in [-0.2, 0) is 9.53 Å². The van der Waals surface area contributed by atoms with E-state index in [1.54, 1.807) is 7.11 Å². The highest BCUT2D eigenvalue weighted by Crippen LogP contribution is 2.23. The first-order valence-electron chi connectivity index (χ1n) is 5.16. The van der Waals surface area contributed by atoms with E-state index in [4.69, 9.17) is 4.74 Å². The maximum atomic E-state index is 11.6. The molecule has 1 aliphatic carbocycles. The zero-order valence-electron chi connectivity index (χ0n) is 8.95. The predicted molar refractivity (Wildman–Crippen MR) is 57.1 cm³/mol. The molecule has 0 saturated heterocycles. The Morgan fingerprint density at radius 2 is 2.43 bits per heavy atom. The van der Waals surface area contributed by atoms with E-state index in [1.807, 2.05) is 13.0 Å². The quantitative estimate of drug-likeness (QED) is 0.628. The number of ether oxygens (including phenoxy) is 1. The second kappa shape index (κ2) is 5.76. The van der Waals surface area contributed by atoms with Crippen molar-refractivity contribution in [3.05, 3.63) is 23.8 Å². The van der Waals surface area contributed by atoms with E-state index in [0.29, 0.717) is 18.8 Å². The van der Waals surface area contributed by atoms with E-state index in [1.165, 1.54) is 5.57 Å². The van der Waals surface area contributed by atoms with E-state index in [9.17, 15) is 4.79 Å². The van der Waals surface area contributed by atoms with Crippen molar-refractivity contribution >= 4 is 5.78 Å². The molecule has 2 heteroatoms. The van der Waals surface area contributed by atoms with Gasteiger partial charge >= 0.3 is 0 Å². The number of rotatable bonds is 5. The summed E-state index contributed by atoms with van der Waals surface area (Å²) in [5.41, 5.74) is 1.22. The molecule has 14 heavy (non-hydrogen) atoms. The monoisotopic (exact) mass is 194 g/mol. The third-order valence-electron chi connectivity index (χ3n) is 2.53. The minimum atomic E-state index is 0.0175. The zero-order chi connectivity index (χ0) is 10.4. The van der Waals surface area contributed by atoms with Crippen molar-refractivity contribution in [1.82, 2.24) is 0 Å². The van der Waals surface area contributed by atoms with Crippen molar-refractivity contribution < 1.29 is 9.53 Å². The fourth-order valence-corrected chi connectivity index (χ4v) is 1.70. The molecular weight excluding hydrogens is 176 g/mol. The molecule has 0 amide bonds. The number of hydrogen-bond acceptors (Lipinski definition) is 2. The lowest BCUT2D eigenvalue weighted by molar-refractivity contribution is -0.120. The summed E-state index contributed by atoms with van der Waals surface area (Å²) in [6.45, 7) is 2.62. The first-order chi connectivity index (χ1) is 6.79. The van der Waals surface area contributed by atoms with Crippen LogP contribution in [0, 0.1) is 5.92 Å². The van der Waals surface area contributed by atoms with Gasteiger partial charge in [0, 0.05) is 20.1 Å². The van der Waals surface area contributed by atoms with Crippen molar-refractivity contribution in [3.63, 3.8) is 0 Å². The highest BCUT2D eigenvalue weighted by Gasteiger charge is 2.19. The van der Waals surface area contributed by atoms with Gasteiger partial charge in [-0.25, -0.2) is 0 Å². The fraction of sp³-hybridized carbons (Fsp3) is 0.583. The lowest BCUT2D eigenvalue weighted by atomic mass is 9.87. The summed E-state index contributed by atoms with van der Waals surface area (Å²) < 4.78 is 5.03. The third kappa shape index (κ3) is 2.81. The fourth-order valence-electron chi connectivity index (χ4n) is 1.70. The molecule has 0 aliphatic heterocycles. The lowest BCUT2D eigenvalue weighted by Gasteiger charge is -2.18. The Morgan fingerprint density at radius 3 is 3.07 bits per heavy atom. The van der Waals surface area contributed by atoms with Gasteiger partial charge in [0.2, 0.25) is 0 Å². The van der Waals surface area contributed by atoms with E-state index in [0.717, 1.165) is 12.8 Å². The highest BCUT2D eigenvalue weighted by atomic mass is 16.5. The Hall–Kier alpha value is -0.890. The van der Waals surface area contributed by atoms with Crippen LogP contribution in [0.25, 0.3) is 0 Å². The molecule has 0 aromatic rings. The smallest absolute Gasteiger partial charge is 0.143 e. The maximum Gasteiger partial charge on any atom is 0.143 e. The standard InChI is InChI=1S/C12H18O2/c1-3-12(13)11-7-5-4-6-10(11)8-9-14-2/h5-7,11H,3-4,8-9H2,1-2H3. The van der Waals surface area contributed by atoms with Gasteiger partial charge in [0.15, 0.2) is 0 Å². The van der Waals surface area contributed by atoms with Gasteiger partial charge in [0.25, 0.3) is 0 Å². The summed E-state index contributed by atoms with van der Waals surface area (Å²) in [5, 5.41) is 0. The molecule has 0 aromatic carbocycles. The molecule has 0 saturated carbocycles. The van der Waals surface area contributed by atoms with E-state index in [2.05, 4.69) is 12.2 Å². The number of carbonyl (C=O) groups excluding carboxylic acids is 1. The van der Waals surface area contributed by atoms with Crippen molar-refractivity contribution in [2.75, 3.05) is 13.7 Å². The van der Waals surface area contributed by atoms with Crippen LogP contribution in [-0.4, -0.2) is 19.5 Å². The van der Waals surface area contributed by atoms with Gasteiger partial charge in [-0.15, -0.1) is 0 Å². The van der Waals surface area contributed by atoms with Crippen molar-refractivity contribution in [1.29, 1.82) is 0 Å². The number of ketones is 1. The summed E-state index contributed by atoms with van der Waals surface area (Å²) >= 11 is 0. The van der Waals surface area contributed by atoms with Crippen molar-refractivity contribution in [3.8, 4) is 0 Å². The Bertz CT molecular complexity index is 251. The summed E-state index contributed by atoms with van der Waals surface area (Å²) in [6.07, 6.45) is 8.67. The molecule has 1 atom stereocenters. The Labute approximate surface area is 85.6 Å². The molecule has 0 N–H and O–H groups in total. The van der Waals surface area contributed by atoms with Gasteiger partial charge in [0.05, 0.1) is 5.92 Å². The van der Waals surface area contributed by atoms with Gasteiger partial charge in [-0.1, -0.05) is 30.7 Å². The minimum absolute atomic E-state index is 0.0175. The Balaban J connectivity index is 2.61. The second-order valence-corrected chi connectivity index (χ2v) is 3.48. The average Bonchev–Trinajstić information content (AvgIpc) is 2.25. The molecular formula is C12H18O2. The van der Waals surface area contributed by atoms with Crippen LogP contribution in [0.3, 0.4) is 0 Å². The minimum Gasteiger partial charge on any atom is -0.384 e. The van der Waals surface area contributed by atoms with Crippen molar-refractivity contribution in [2.45, 2.75) is 26.2 Å². The molecule has 0 heterocycles. The summed E-state index contributed by atoms with van der Waals surface area (Å²) in [6, 6.07) is 0.